The number of aryl methyl sites for hydroxylation is 1. The van der Waals surface area contributed by atoms with Crippen molar-refractivity contribution in [3.05, 3.63) is 58.4 Å². The fourth-order valence-electron chi connectivity index (χ4n) is 5.94. The standard InChI is InChI=1S/C18H24O2.C5H2ClF2N/c1-18-9-8-14-13-5-3-12(19)10-11(13)2-4-15(14)16(18)6-7-17(18)20;6-3-1-2-9-5(8)4(3)7/h3,5,10,14-17,19-20H,2,4,6-9H2,1H3;1-2H/t14-,15-,16+,17+,18+;/m1./s1. The minimum absolute atomic E-state index is 0.0883. The highest BCUT2D eigenvalue weighted by molar-refractivity contribution is 6.30. The zero-order valence-corrected chi connectivity index (χ0v) is 17.2. The van der Waals surface area contributed by atoms with Crippen molar-refractivity contribution in [3.8, 4) is 5.75 Å². The lowest BCUT2D eigenvalue weighted by Gasteiger charge is -2.50. The molecular formula is C23H26ClF2NO2. The SMILES string of the molecule is C[C@]12CC[C@@H]3c4ccc(O)cc4CC[C@H]3[C@@H]1CC[C@@H]2O.Fc1nccc(Cl)c1F. The molecule has 0 bridgehead atoms. The number of aliphatic hydroxyl groups is 1. The van der Waals surface area contributed by atoms with Crippen molar-refractivity contribution in [1.29, 1.82) is 0 Å². The molecule has 5 atom stereocenters. The third kappa shape index (κ3) is 3.64. The molecule has 2 fully saturated rings. The van der Waals surface area contributed by atoms with E-state index in [0.717, 1.165) is 31.4 Å². The molecule has 29 heavy (non-hydrogen) atoms. The molecule has 1 aromatic heterocycles. The second-order valence-corrected chi connectivity index (χ2v) is 9.24. The Balaban J connectivity index is 0.000000192. The molecule has 0 amide bonds. The Morgan fingerprint density at radius 1 is 1.14 bits per heavy atom. The van der Waals surface area contributed by atoms with Gasteiger partial charge < -0.3 is 10.2 Å². The average Bonchev–Trinajstić information content (AvgIpc) is 3.01. The smallest absolute Gasteiger partial charge is 0.250 e. The van der Waals surface area contributed by atoms with Gasteiger partial charge in [-0.25, -0.2) is 9.37 Å². The number of hydrogen-bond acceptors (Lipinski definition) is 3. The number of aromatic nitrogens is 1. The van der Waals surface area contributed by atoms with Crippen molar-refractivity contribution in [2.24, 2.45) is 17.3 Å². The summed E-state index contributed by atoms with van der Waals surface area (Å²) in [4.78, 5) is 3.01. The summed E-state index contributed by atoms with van der Waals surface area (Å²) < 4.78 is 24.2. The Kier molecular flexibility index (Phi) is 5.56. The van der Waals surface area contributed by atoms with Crippen molar-refractivity contribution >= 4 is 11.6 Å². The van der Waals surface area contributed by atoms with Gasteiger partial charge in [0.2, 0.25) is 5.95 Å². The maximum absolute atomic E-state index is 12.2. The molecule has 0 aliphatic heterocycles. The van der Waals surface area contributed by atoms with Crippen LogP contribution in [-0.4, -0.2) is 21.3 Å². The number of aliphatic hydroxyl groups excluding tert-OH is 1. The minimum Gasteiger partial charge on any atom is -0.508 e. The summed E-state index contributed by atoms with van der Waals surface area (Å²) in [6.07, 6.45) is 7.88. The van der Waals surface area contributed by atoms with Gasteiger partial charge >= 0.3 is 0 Å². The quantitative estimate of drug-likeness (QED) is 0.542. The molecular weight excluding hydrogens is 396 g/mol. The number of hydrogen-bond donors (Lipinski definition) is 2. The summed E-state index contributed by atoms with van der Waals surface area (Å²) in [6, 6.07) is 7.14. The number of phenols is 1. The van der Waals surface area contributed by atoms with Crippen LogP contribution in [-0.2, 0) is 6.42 Å². The highest BCUT2D eigenvalue weighted by Crippen LogP contribution is 2.60. The number of phenolic OH excluding ortho intramolecular Hbond substituents is 1. The van der Waals surface area contributed by atoms with Gasteiger partial charge in [-0.15, -0.1) is 0 Å². The zero-order chi connectivity index (χ0) is 20.8. The monoisotopic (exact) mass is 421 g/mol. The molecule has 3 aliphatic rings. The van der Waals surface area contributed by atoms with Crippen molar-refractivity contribution in [2.75, 3.05) is 0 Å². The molecule has 3 aliphatic carbocycles. The Hall–Kier alpha value is -1.72. The van der Waals surface area contributed by atoms with Crippen LogP contribution in [0.4, 0.5) is 8.78 Å². The molecule has 1 aromatic carbocycles. The normalized spacial score (nSPS) is 32.4. The Morgan fingerprint density at radius 3 is 2.66 bits per heavy atom. The minimum atomic E-state index is -1.16. The van der Waals surface area contributed by atoms with E-state index in [1.807, 2.05) is 12.1 Å². The van der Waals surface area contributed by atoms with Gasteiger partial charge in [-0.1, -0.05) is 24.6 Å². The molecule has 0 radical (unpaired) electrons. The van der Waals surface area contributed by atoms with E-state index in [-0.39, 0.29) is 16.5 Å². The molecule has 6 heteroatoms. The molecule has 0 unspecified atom stereocenters. The van der Waals surface area contributed by atoms with E-state index >= 15 is 0 Å². The van der Waals surface area contributed by atoms with Crippen molar-refractivity contribution in [1.82, 2.24) is 4.98 Å². The van der Waals surface area contributed by atoms with Gasteiger partial charge in [0.1, 0.15) is 5.75 Å². The van der Waals surface area contributed by atoms with Gasteiger partial charge in [0.05, 0.1) is 11.1 Å². The van der Waals surface area contributed by atoms with E-state index < -0.39 is 11.8 Å². The van der Waals surface area contributed by atoms with Crippen LogP contribution in [0.15, 0.2) is 30.5 Å². The van der Waals surface area contributed by atoms with Gasteiger partial charge in [-0.2, -0.15) is 4.39 Å². The van der Waals surface area contributed by atoms with Gasteiger partial charge in [-0.3, -0.25) is 0 Å². The van der Waals surface area contributed by atoms with Crippen molar-refractivity contribution < 1.29 is 19.0 Å². The van der Waals surface area contributed by atoms with Crippen LogP contribution in [0.3, 0.4) is 0 Å². The van der Waals surface area contributed by atoms with Crippen LogP contribution in [0.2, 0.25) is 5.02 Å². The number of halogens is 3. The predicted molar refractivity (Wildman–Crippen MR) is 108 cm³/mol. The highest BCUT2D eigenvalue weighted by atomic mass is 35.5. The molecule has 3 nitrogen and oxygen atoms in total. The summed E-state index contributed by atoms with van der Waals surface area (Å²) in [6.45, 7) is 2.32. The Labute approximate surface area is 174 Å². The average molecular weight is 422 g/mol. The van der Waals surface area contributed by atoms with E-state index in [0.29, 0.717) is 17.6 Å². The van der Waals surface area contributed by atoms with Crippen LogP contribution < -0.4 is 0 Å². The summed E-state index contributed by atoms with van der Waals surface area (Å²) in [7, 11) is 0. The molecule has 2 N–H and O–H groups in total. The number of pyridine rings is 1. The van der Waals surface area contributed by atoms with Crippen molar-refractivity contribution in [3.63, 3.8) is 0 Å². The summed E-state index contributed by atoms with van der Waals surface area (Å²) in [5.41, 5.74) is 2.99. The lowest BCUT2D eigenvalue weighted by atomic mass is 9.55. The van der Waals surface area contributed by atoms with Crippen LogP contribution in [0.5, 0.6) is 5.75 Å². The van der Waals surface area contributed by atoms with E-state index in [1.54, 1.807) is 0 Å². The van der Waals surface area contributed by atoms with Crippen LogP contribution >= 0.6 is 11.6 Å². The fraction of sp³-hybridized carbons (Fsp3) is 0.522. The largest absolute Gasteiger partial charge is 0.508 e. The first kappa shape index (κ1) is 20.5. The van der Waals surface area contributed by atoms with Crippen molar-refractivity contribution in [2.45, 2.75) is 57.5 Å². The van der Waals surface area contributed by atoms with E-state index in [1.165, 1.54) is 36.5 Å². The first-order chi connectivity index (χ1) is 13.8. The van der Waals surface area contributed by atoms with Gasteiger partial charge in [-0.05, 0) is 91.0 Å². The zero-order valence-electron chi connectivity index (χ0n) is 16.4. The first-order valence-corrected chi connectivity index (χ1v) is 10.6. The molecule has 2 aromatic rings. The molecule has 0 spiro atoms. The maximum Gasteiger partial charge on any atom is 0.250 e. The van der Waals surface area contributed by atoms with Gasteiger partial charge in [0.25, 0.3) is 0 Å². The molecule has 2 saturated carbocycles. The molecule has 5 rings (SSSR count). The number of nitrogens with zero attached hydrogens (tertiary/aromatic N) is 1. The predicted octanol–water partition coefficient (Wildman–Crippen LogP) is 5.62. The lowest BCUT2D eigenvalue weighted by Crippen LogP contribution is -2.43. The number of aromatic hydroxyl groups is 1. The Bertz CT molecular complexity index is 888. The van der Waals surface area contributed by atoms with Crippen LogP contribution in [0.1, 0.15) is 56.1 Å². The first-order valence-electron chi connectivity index (χ1n) is 10.3. The van der Waals surface area contributed by atoms with E-state index in [4.69, 9.17) is 11.6 Å². The second kappa shape index (κ2) is 7.84. The number of fused-ring (bicyclic) bond motifs is 5. The van der Waals surface area contributed by atoms with Crippen LogP contribution in [0.25, 0.3) is 0 Å². The van der Waals surface area contributed by atoms with E-state index in [9.17, 15) is 19.0 Å². The van der Waals surface area contributed by atoms with E-state index in [2.05, 4.69) is 18.0 Å². The van der Waals surface area contributed by atoms with Gasteiger partial charge in [0.15, 0.2) is 5.82 Å². The fourth-order valence-corrected chi connectivity index (χ4v) is 6.07. The molecule has 156 valence electrons. The Morgan fingerprint density at radius 2 is 1.93 bits per heavy atom. The number of benzene rings is 1. The van der Waals surface area contributed by atoms with Gasteiger partial charge in [0, 0.05) is 6.20 Å². The maximum atomic E-state index is 12.2. The highest BCUT2D eigenvalue weighted by Gasteiger charge is 2.54. The third-order valence-electron chi connectivity index (χ3n) is 7.46. The molecule has 1 heterocycles. The third-order valence-corrected chi connectivity index (χ3v) is 7.75. The topological polar surface area (TPSA) is 53.4 Å². The lowest BCUT2D eigenvalue weighted by molar-refractivity contribution is -0.0226. The van der Waals surface area contributed by atoms with Crippen LogP contribution in [0, 0.1) is 29.0 Å². The molecule has 0 saturated heterocycles. The second-order valence-electron chi connectivity index (χ2n) is 8.83. The summed E-state index contributed by atoms with van der Waals surface area (Å²) >= 11 is 5.16. The summed E-state index contributed by atoms with van der Waals surface area (Å²) in [5, 5.41) is 19.8. The number of rotatable bonds is 0. The summed E-state index contributed by atoms with van der Waals surface area (Å²) in [5.74, 6) is 0.227.